The van der Waals surface area contributed by atoms with Crippen molar-refractivity contribution in [3.05, 3.63) is 183 Å². The molecule has 66 heavy (non-hydrogen) atoms. The summed E-state index contributed by atoms with van der Waals surface area (Å²) in [5, 5.41) is 0. The Kier molecular flexibility index (Phi) is 13.4. The smallest absolute Gasteiger partial charge is 0.411 e. The number of ether oxygens (including phenoxy) is 3. The minimum absolute atomic E-state index is 0.0265. The van der Waals surface area contributed by atoms with E-state index in [4.69, 9.17) is 14.2 Å². The van der Waals surface area contributed by atoms with Gasteiger partial charge in [-0.25, -0.2) is 26.3 Å². The van der Waals surface area contributed by atoms with E-state index in [0.717, 1.165) is 60.7 Å². The lowest BCUT2D eigenvalue weighted by Crippen LogP contribution is -2.54. The highest BCUT2D eigenvalue weighted by molar-refractivity contribution is 6.10. The van der Waals surface area contributed by atoms with Crippen molar-refractivity contribution in [3.8, 4) is 28.7 Å². The van der Waals surface area contributed by atoms with Crippen LogP contribution < -0.4 is 14.2 Å². The fraction of sp³-hybridized carbons (Fsp3) is 0.191. The van der Waals surface area contributed by atoms with Crippen LogP contribution in [0, 0.1) is 46.5 Å². The van der Waals surface area contributed by atoms with E-state index in [-0.39, 0.29) is 17.2 Å². The van der Waals surface area contributed by atoms with Gasteiger partial charge in [-0.1, -0.05) is 38.1 Å². The van der Waals surface area contributed by atoms with Gasteiger partial charge in [-0.2, -0.15) is 35.1 Å². The van der Waals surface area contributed by atoms with Crippen molar-refractivity contribution in [3.63, 3.8) is 0 Å². The van der Waals surface area contributed by atoms with E-state index in [1.54, 1.807) is 13.8 Å². The third-order valence-electron chi connectivity index (χ3n) is 10.0. The van der Waals surface area contributed by atoms with Crippen molar-refractivity contribution >= 4 is 11.6 Å². The Morgan fingerprint density at radius 3 is 1.08 bits per heavy atom. The highest BCUT2D eigenvalue weighted by atomic mass is 19.4. The molecule has 0 aromatic heterocycles. The first-order chi connectivity index (χ1) is 30.8. The molecule has 0 aliphatic heterocycles. The molecule has 0 fully saturated rings. The Balaban J connectivity index is 1.21. The Labute approximate surface area is 365 Å². The minimum atomic E-state index is -6.02. The number of benzene rings is 6. The van der Waals surface area contributed by atoms with Crippen molar-refractivity contribution in [2.45, 2.75) is 57.5 Å². The lowest BCUT2D eigenvalue weighted by atomic mass is 9.73. The molecular weight excluding hydrogens is 910 g/mol. The van der Waals surface area contributed by atoms with Crippen LogP contribution in [-0.2, 0) is 5.41 Å². The van der Waals surface area contributed by atoms with Gasteiger partial charge in [-0.3, -0.25) is 9.59 Å². The van der Waals surface area contributed by atoms with Gasteiger partial charge in [0, 0.05) is 16.7 Å². The molecule has 0 spiro atoms. The molecule has 0 amide bonds. The van der Waals surface area contributed by atoms with Crippen LogP contribution in [0.1, 0.15) is 82.1 Å². The highest BCUT2D eigenvalue weighted by Crippen LogP contribution is 2.56. The van der Waals surface area contributed by atoms with Crippen molar-refractivity contribution in [1.29, 1.82) is 0 Å². The van der Waals surface area contributed by atoms with Crippen molar-refractivity contribution in [2.24, 2.45) is 0 Å². The molecule has 0 unspecified atom stereocenters. The summed E-state index contributed by atoms with van der Waals surface area (Å²) in [5.41, 5.74) is -12.4. The van der Waals surface area contributed by atoms with Gasteiger partial charge in [-0.05, 0) is 104 Å². The number of hydrogen-bond donors (Lipinski definition) is 0. The number of alkyl halides is 6. The van der Waals surface area contributed by atoms with E-state index in [1.807, 2.05) is 0 Å². The second-order valence-electron chi connectivity index (χ2n) is 15.0. The molecule has 6 rings (SSSR count). The Morgan fingerprint density at radius 1 is 0.424 bits per heavy atom. The van der Waals surface area contributed by atoms with E-state index in [1.165, 1.54) is 13.8 Å². The summed E-state index contributed by atoms with van der Waals surface area (Å²) in [7, 11) is 0. The molecule has 0 aliphatic carbocycles. The van der Waals surface area contributed by atoms with Gasteiger partial charge < -0.3 is 14.2 Å². The first kappa shape index (κ1) is 48.5. The zero-order valence-electron chi connectivity index (χ0n) is 34.2. The van der Waals surface area contributed by atoms with Crippen LogP contribution >= 0.6 is 0 Å². The molecule has 0 saturated carbocycles. The zero-order valence-corrected chi connectivity index (χ0v) is 34.2. The fourth-order valence-electron chi connectivity index (χ4n) is 6.96. The molecule has 0 radical (unpaired) electrons. The maximum absolute atomic E-state index is 15.3. The lowest BCUT2D eigenvalue weighted by molar-refractivity contribution is -0.288. The van der Waals surface area contributed by atoms with E-state index in [9.17, 15) is 53.5 Å². The van der Waals surface area contributed by atoms with E-state index in [2.05, 4.69) is 0 Å². The van der Waals surface area contributed by atoms with Gasteiger partial charge in [0.15, 0.2) is 46.5 Å². The van der Waals surface area contributed by atoms with Crippen LogP contribution in [0.15, 0.2) is 97.1 Å². The van der Waals surface area contributed by atoms with Crippen LogP contribution in [0.25, 0.3) is 0 Å². The maximum Gasteiger partial charge on any atom is 0.411 e. The monoisotopic (exact) mass is 940 g/mol. The van der Waals surface area contributed by atoms with Gasteiger partial charge in [0.2, 0.25) is 22.8 Å². The van der Waals surface area contributed by atoms with Crippen LogP contribution in [-0.4, -0.2) is 30.0 Å². The molecule has 0 saturated heterocycles. The quantitative estimate of drug-likeness (QED) is 0.0656. The van der Waals surface area contributed by atoms with Gasteiger partial charge >= 0.3 is 12.4 Å². The molecule has 0 bridgehead atoms. The summed E-state index contributed by atoms with van der Waals surface area (Å²) >= 11 is 0. The topological polar surface area (TPSA) is 61.8 Å². The van der Waals surface area contributed by atoms with Crippen LogP contribution in [0.4, 0.5) is 61.5 Å². The standard InChI is InChI=1S/C47H30F14O5/c1-21(2)31-34(48)36(50)32(37(51)35(31)49)42(62)23-5-13-28(14-6-23)65-29-15-7-24(8-16-29)43(63)33-38(52)40(54)44(41(55)39(33)53)66-30-19-11-26(12-20-30)45(46(56,57)58,47(59,60)61)25-9-17-27(18-10-25)64-22(3)4/h5-22H,1-4H3. The minimum Gasteiger partial charge on any atom is -0.491 e. The van der Waals surface area contributed by atoms with Gasteiger partial charge in [0.1, 0.15) is 34.1 Å². The van der Waals surface area contributed by atoms with Crippen molar-refractivity contribution in [1.82, 2.24) is 0 Å². The molecule has 0 atom stereocenters. The number of halogens is 14. The average Bonchev–Trinajstić information content (AvgIpc) is 3.24. The largest absolute Gasteiger partial charge is 0.491 e. The summed E-state index contributed by atoms with van der Waals surface area (Å²) in [6.45, 7) is 5.73. The van der Waals surface area contributed by atoms with E-state index < -0.39 is 138 Å². The molecule has 0 aliphatic rings. The lowest BCUT2D eigenvalue weighted by Gasteiger charge is -2.38. The normalized spacial score (nSPS) is 12.2. The first-order valence-corrected chi connectivity index (χ1v) is 19.2. The third kappa shape index (κ3) is 8.77. The van der Waals surface area contributed by atoms with Crippen molar-refractivity contribution < 1.29 is 85.3 Å². The molecule has 6 aromatic rings. The van der Waals surface area contributed by atoms with Crippen LogP contribution in [0.2, 0.25) is 0 Å². The third-order valence-corrected chi connectivity index (χ3v) is 10.0. The number of hydrogen-bond acceptors (Lipinski definition) is 5. The molecule has 0 N–H and O–H groups in total. The predicted octanol–water partition coefficient (Wildman–Crippen LogP) is 14.2. The summed E-state index contributed by atoms with van der Waals surface area (Å²) in [4.78, 5) is 26.0. The van der Waals surface area contributed by atoms with Crippen molar-refractivity contribution in [2.75, 3.05) is 0 Å². The fourth-order valence-corrected chi connectivity index (χ4v) is 6.96. The second-order valence-corrected chi connectivity index (χ2v) is 15.0. The Hall–Kier alpha value is -6.92. The van der Waals surface area contributed by atoms with Crippen LogP contribution in [0.5, 0.6) is 28.7 Å². The molecule has 6 aromatic carbocycles. The second kappa shape index (κ2) is 18.2. The SMILES string of the molecule is CC(C)Oc1ccc(C(c2ccc(Oc3c(F)c(F)c(C(=O)c4ccc(Oc5ccc(C(=O)c6c(F)c(F)c(C(C)C)c(F)c6F)cc5)cc4)c(F)c3F)cc2)(C(F)(F)F)C(F)(F)F)cc1. The molecule has 0 heterocycles. The number of ketones is 2. The maximum atomic E-state index is 15.3. The molecular formula is C47H30F14O5. The van der Waals surface area contributed by atoms with Crippen LogP contribution in [0.3, 0.4) is 0 Å². The highest BCUT2D eigenvalue weighted by Gasteiger charge is 2.72. The first-order valence-electron chi connectivity index (χ1n) is 19.2. The Morgan fingerprint density at radius 2 is 0.742 bits per heavy atom. The van der Waals surface area contributed by atoms with Gasteiger partial charge in [-0.15, -0.1) is 0 Å². The summed E-state index contributed by atoms with van der Waals surface area (Å²) < 4.78 is 223. The van der Waals surface area contributed by atoms with Gasteiger partial charge in [0.25, 0.3) is 0 Å². The zero-order chi connectivity index (χ0) is 48.8. The molecule has 5 nitrogen and oxygen atoms in total. The summed E-state index contributed by atoms with van der Waals surface area (Å²) in [6, 6.07) is 12.6. The summed E-state index contributed by atoms with van der Waals surface area (Å²) in [6.07, 6.45) is -12.5. The summed E-state index contributed by atoms with van der Waals surface area (Å²) in [5.74, 6) is -23.2. The predicted molar refractivity (Wildman–Crippen MR) is 208 cm³/mol. The molecule has 346 valence electrons. The average molecular weight is 941 g/mol. The number of carbonyl (C=O) groups is 2. The molecule has 19 heteroatoms. The van der Waals surface area contributed by atoms with E-state index in [0.29, 0.717) is 36.4 Å². The number of carbonyl (C=O) groups excluding carboxylic acids is 2. The number of rotatable bonds is 13. The van der Waals surface area contributed by atoms with E-state index >= 15 is 17.6 Å². The van der Waals surface area contributed by atoms with Gasteiger partial charge in [0.05, 0.1) is 6.10 Å². The Bertz CT molecular complexity index is 2730.